The molecule has 106 valence electrons. The molecule has 1 saturated heterocycles. The molecule has 2 aromatic rings. The van der Waals surface area contributed by atoms with E-state index in [1.54, 1.807) is 0 Å². The first-order chi connectivity index (χ1) is 9.72. The number of nitrogens with one attached hydrogen (secondary N) is 1. The van der Waals surface area contributed by atoms with E-state index in [-0.39, 0.29) is 5.54 Å². The first kappa shape index (κ1) is 12.8. The molecule has 4 rings (SSSR count). The Morgan fingerprint density at radius 1 is 1.40 bits per heavy atom. The standard InChI is InChI=1S/C17H22N2S/c1-3-12-10-17(2)16-15(20-9-8-19(17)11-12)13-6-4-5-7-14(13)18-16/h4-7,12,18H,3,8-11H2,1-2H3. The Balaban J connectivity index is 1.91. The molecule has 2 nitrogen and oxygen atoms in total. The number of para-hydroxylation sites is 1. The molecule has 2 aliphatic rings. The quantitative estimate of drug-likeness (QED) is 0.846. The van der Waals surface area contributed by atoms with E-state index in [0.717, 1.165) is 5.92 Å². The third-order valence-electron chi connectivity index (χ3n) is 5.24. The molecule has 2 unspecified atom stereocenters. The normalized spacial score (nSPS) is 30.2. The predicted octanol–water partition coefficient (Wildman–Crippen LogP) is 4.22. The summed E-state index contributed by atoms with van der Waals surface area (Å²) >= 11 is 2.04. The van der Waals surface area contributed by atoms with Crippen LogP contribution in [0.5, 0.6) is 0 Å². The summed E-state index contributed by atoms with van der Waals surface area (Å²) in [5.74, 6) is 2.06. The zero-order chi connectivity index (χ0) is 13.7. The van der Waals surface area contributed by atoms with E-state index in [0.29, 0.717) is 0 Å². The minimum absolute atomic E-state index is 0.207. The number of nitrogens with zero attached hydrogens (tertiary/aromatic N) is 1. The second-order valence-corrected chi connectivity index (χ2v) is 7.53. The SMILES string of the molecule is CCC1CN2CCSc3c([nH]c4ccccc34)C2(C)C1. The van der Waals surface area contributed by atoms with Crippen molar-refractivity contribution in [1.29, 1.82) is 0 Å². The van der Waals surface area contributed by atoms with E-state index < -0.39 is 0 Å². The molecular weight excluding hydrogens is 264 g/mol. The average Bonchev–Trinajstić information content (AvgIpc) is 2.96. The fourth-order valence-electron chi connectivity index (χ4n) is 4.04. The Morgan fingerprint density at radius 3 is 3.10 bits per heavy atom. The molecule has 0 amide bonds. The Morgan fingerprint density at radius 2 is 2.25 bits per heavy atom. The van der Waals surface area contributed by atoms with Crippen molar-refractivity contribution in [1.82, 2.24) is 9.88 Å². The molecule has 2 atom stereocenters. The van der Waals surface area contributed by atoms with Crippen LogP contribution in [0.15, 0.2) is 29.2 Å². The molecule has 20 heavy (non-hydrogen) atoms. The van der Waals surface area contributed by atoms with Crippen molar-refractivity contribution in [3.63, 3.8) is 0 Å². The van der Waals surface area contributed by atoms with Crippen LogP contribution >= 0.6 is 11.8 Å². The molecule has 3 heterocycles. The van der Waals surface area contributed by atoms with Crippen LogP contribution in [-0.4, -0.2) is 28.7 Å². The van der Waals surface area contributed by atoms with Crippen molar-refractivity contribution in [2.24, 2.45) is 5.92 Å². The minimum atomic E-state index is 0.207. The third kappa shape index (κ3) is 1.69. The van der Waals surface area contributed by atoms with Gasteiger partial charge in [0.15, 0.2) is 0 Å². The number of H-pyrrole nitrogens is 1. The Labute approximate surface area is 124 Å². The van der Waals surface area contributed by atoms with Gasteiger partial charge in [0, 0.05) is 34.6 Å². The molecule has 2 aliphatic heterocycles. The average molecular weight is 286 g/mol. The predicted molar refractivity (Wildman–Crippen MR) is 86.3 cm³/mol. The summed E-state index contributed by atoms with van der Waals surface area (Å²) in [6.45, 7) is 7.26. The van der Waals surface area contributed by atoms with E-state index in [9.17, 15) is 0 Å². The zero-order valence-electron chi connectivity index (χ0n) is 12.3. The Bertz CT molecular complexity index is 647. The van der Waals surface area contributed by atoms with E-state index in [1.807, 2.05) is 11.8 Å². The van der Waals surface area contributed by atoms with Gasteiger partial charge in [-0.3, -0.25) is 4.90 Å². The van der Waals surface area contributed by atoms with Gasteiger partial charge >= 0.3 is 0 Å². The van der Waals surface area contributed by atoms with Crippen molar-refractivity contribution < 1.29 is 0 Å². The van der Waals surface area contributed by atoms with Crippen molar-refractivity contribution in [2.75, 3.05) is 18.8 Å². The van der Waals surface area contributed by atoms with Crippen molar-refractivity contribution in [3.05, 3.63) is 30.0 Å². The minimum Gasteiger partial charge on any atom is -0.356 e. The summed E-state index contributed by atoms with van der Waals surface area (Å²) in [7, 11) is 0. The molecule has 1 aromatic carbocycles. The van der Waals surface area contributed by atoms with Crippen LogP contribution in [0.2, 0.25) is 0 Å². The fraction of sp³-hybridized carbons (Fsp3) is 0.529. The number of aromatic amines is 1. The lowest BCUT2D eigenvalue weighted by atomic mass is 9.89. The number of fused-ring (bicyclic) bond motifs is 5. The smallest absolute Gasteiger partial charge is 0.0598 e. The van der Waals surface area contributed by atoms with Crippen molar-refractivity contribution in [3.8, 4) is 0 Å². The summed E-state index contributed by atoms with van der Waals surface area (Å²) in [5.41, 5.74) is 2.98. The highest BCUT2D eigenvalue weighted by Crippen LogP contribution is 2.49. The molecule has 0 radical (unpaired) electrons. The highest BCUT2D eigenvalue weighted by Gasteiger charge is 2.46. The van der Waals surface area contributed by atoms with Crippen LogP contribution in [0.3, 0.4) is 0 Å². The second kappa shape index (κ2) is 4.54. The van der Waals surface area contributed by atoms with Crippen LogP contribution in [0.25, 0.3) is 10.9 Å². The van der Waals surface area contributed by atoms with E-state index in [1.165, 1.54) is 53.2 Å². The van der Waals surface area contributed by atoms with Gasteiger partial charge in [0.25, 0.3) is 0 Å². The monoisotopic (exact) mass is 286 g/mol. The van der Waals surface area contributed by atoms with E-state index in [4.69, 9.17) is 0 Å². The highest BCUT2D eigenvalue weighted by atomic mass is 32.2. The number of hydrogen-bond acceptors (Lipinski definition) is 2. The summed E-state index contributed by atoms with van der Waals surface area (Å²) < 4.78 is 0. The molecule has 1 N–H and O–H groups in total. The molecular formula is C17H22N2S. The van der Waals surface area contributed by atoms with Gasteiger partial charge in [-0.1, -0.05) is 31.5 Å². The third-order valence-corrected chi connectivity index (χ3v) is 6.34. The number of aromatic nitrogens is 1. The van der Waals surface area contributed by atoms with Crippen molar-refractivity contribution >= 4 is 22.7 Å². The lowest BCUT2D eigenvalue weighted by Crippen LogP contribution is -2.39. The Hall–Kier alpha value is -0.930. The van der Waals surface area contributed by atoms with Crippen molar-refractivity contribution in [2.45, 2.75) is 37.1 Å². The summed E-state index contributed by atoms with van der Waals surface area (Å²) in [4.78, 5) is 7.97. The van der Waals surface area contributed by atoms with Crippen LogP contribution in [0.1, 0.15) is 32.4 Å². The first-order valence-corrected chi connectivity index (χ1v) is 8.70. The molecule has 1 aromatic heterocycles. The van der Waals surface area contributed by atoms with E-state index in [2.05, 4.69) is 48.0 Å². The van der Waals surface area contributed by atoms with Crippen LogP contribution in [0.4, 0.5) is 0 Å². The van der Waals surface area contributed by atoms with Gasteiger partial charge in [-0.2, -0.15) is 0 Å². The summed E-state index contributed by atoms with van der Waals surface area (Å²) in [6.07, 6.45) is 2.60. The van der Waals surface area contributed by atoms with E-state index >= 15 is 0 Å². The van der Waals surface area contributed by atoms with Gasteiger partial charge in [-0.05, 0) is 25.3 Å². The van der Waals surface area contributed by atoms with Gasteiger partial charge in [0.2, 0.25) is 0 Å². The summed E-state index contributed by atoms with van der Waals surface area (Å²) in [5, 5.41) is 1.41. The zero-order valence-corrected chi connectivity index (χ0v) is 13.1. The molecule has 0 spiro atoms. The van der Waals surface area contributed by atoms with Gasteiger partial charge in [-0.15, -0.1) is 11.8 Å². The highest BCUT2D eigenvalue weighted by molar-refractivity contribution is 7.99. The molecule has 0 saturated carbocycles. The molecule has 0 aliphatic carbocycles. The molecule has 3 heteroatoms. The number of rotatable bonds is 1. The van der Waals surface area contributed by atoms with Crippen LogP contribution in [0, 0.1) is 5.92 Å². The largest absolute Gasteiger partial charge is 0.356 e. The lowest BCUT2D eigenvalue weighted by molar-refractivity contribution is 0.162. The van der Waals surface area contributed by atoms with Crippen LogP contribution in [-0.2, 0) is 5.54 Å². The van der Waals surface area contributed by atoms with Gasteiger partial charge < -0.3 is 4.98 Å². The maximum Gasteiger partial charge on any atom is 0.0598 e. The lowest BCUT2D eigenvalue weighted by Gasteiger charge is -2.33. The van der Waals surface area contributed by atoms with Crippen LogP contribution < -0.4 is 0 Å². The summed E-state index contributed by atoms with van der Waals surface area (Å²) in [6, 6.07) is 8.77. The molecule has 1 fully saturated rings. The second-order valence-electron chi connectivity index (χ2n) is 6.42. The van der Waals surface area contributed by atoms with Gasteiger partial charge in [0.05, 0.1) is 11.2 Å². The number of thioether (sulfide) groups is 1. The molecule has 0 bridgehead atoms. The first-order valence-electron chi connectivity index (χ1n) is 7.71. The topological polar surface area (TPSA) is 19.0 Å². The van der Waals surface area contributed by atoms with Gasteiger partial charge in [0.1, 0.15) is 0 Å². The maximum atomic E-state index is 3.75. The number of benzene rings is 1. The fourth-order valence-corrected chi connectivity index (χ4v) is 5.31. The number of hydrogen-bond donors (Lipinski definition) is 1. The maximum absolute atomic E-state index is 3.75. The van der Waals surface area contributed by atoms with Gasteiger partial charge in [-0.25, -0.2) is 0 Å². The Kier molecular flexibility index (Phi) is 2.90.